The van der Waals surface area contributed by atoms with Gasteiger partial charge in [-0.2, -0.15) is 18.3 Å². The normalized spacial score (nSPS) is 11.6. The molecule has 0 saturated heterocycles. The maximum absolute atomic E-state index is 12.9. The predicted octanol–water partition coefficient (Wildman–Crippen LogP) is 6.04. The Morgan fingerprint density at radius 1 is 1.03 bits per heavy atom. The van der Waals surface area contributed by atoms with Crippen LogP contribution in [0.25, 0.3) is 33.3 Å². The minimum absolute atomic E-state index is 0.303. The number of amides is 1. The van der Waals surface area contributed by atoms with Crippen molar-refractivity contribution in [2.45, 2.75) is 12.7 Å². The second-order valence-corrected chi connectivity index (χ2v) is 8.23. The van der Waals surface area contributed by atoms with Crippen LogP contribution in [-0.2, 0) is 6.54 Å². The second kappa shape index (κ2) is 8.71. The third kappa shape index (κ3) is 4.53. The highest BCUT2D eigenvalue weighted by molar-refractivity contribution is 7.07. The first-order chi connectivity index (χ1) is 16.4. The Hall–Kier alpha value is -4.05. The van der Waals surface area contributed by atoms with Gasteiger partial charge in [-0.05, 0) is 29.8 Å². The summed E-state index contributed by atoms with van der Waals surface area (Å²) in [6, 6.07) is 14.1. The summed E-state index contributed by atoms with van der Waals surface area (Å²) in [6.45, 7) is -1.17. The van der Waals surface area contributed by atoms with Gasteiger partial charge in [-0.25, -0.2) is 4.98 Å². The zero-order valence-corrected chi connectivity index (χ0v) is 18.3. The Morgan fingerprint density at radius 2 is 1.85 bits per heavy atom. The van der Waals surface area contributed by atoms with Crippen molar-refractivity contribution in [3.8, 4) is 22.4 Å². The lowest BCUT2D eigenvalue weighted by Crippen LogP contribution is -2.17. The Balaban J connectivity index is 1.42. The van der Waals surface area contributed by atoms with Gasteiger partial charge in [0, 0.05) is 39.9 Å². The number of para-hydroxylation sites is 1. The fourth-order valence-electron chi connectivity index (χ4n) is 3.64. The monoisotopic (exact) mass is 479 g/mol. The summed E-state index contributed by atoms with van der Waals surface area (Å²) in [6.07, 6.45) is -0.0797. The summed E-state index contributed by atoms with van der Waals surface area (Å²) >= 11 is 1.50. The highest BCUT2D eigenvalue weighted by atomic mass is 32.1. The molecule has 0 radical (unpaired) electrons. The van der Waals surface area contributed by atoms with E-state index in [2.05, 4.69) is 20.4 Å². The van der Waals surface area contributed by atoms with Crippen LogP contribution in [0.2, 0.25) is 0 Å². The Morgan fingerprint density at radius 3 is 2.59 bits per heavy atom. The van der Waals surface area contributed by atoms with Crippen molar-refractivity contribution in [2.75, 3.05) is 5.32 Å². The van der Waals surface area contributed by atoms with Gasteiger partial charge in [0.15, 0.2) is 0 Å². The van der Waals surface area contributed by atoms with Crippen LogP contribution >= 0.6 is 11.3 Å². The summed E-state index contributed by atoms with van der Waals surface area (Å²) in [5, 5.41) is 9.33. The minimum atomic E-state index is -4.36. The molecule has 1 N–H and O–H groups in total. The summed E-state index contributed by atoms with van der Waals surface area (Å²) in [4.78, 5) is 21.5. The van der Waals surface area contributed by atoms with Gasteiger partial charge in [0.05, 0.1) is 28.6 Å². The van der Waals surface area contributed by atoms with E-state index in [1.54, 1.807) is 48.1 Å². The number of benzene rings is 2. The number of hydrogen-bond acceptors (Lipinski definition) is 5. The topological polar surface area (TPSA) is 72.7 Å². The zero-order valence-electron chi connectivity index (χ0n) is 17.5. The Labute approximate surface area is 195 Å². The standard InChI is InChI=1S/C24H16F3N5OS/c25-24(26,27)13-32-11-17(10-30-32)18-8-9-28-22-19(18)2-1-3-20(22)31-23(33)16-6-4-15(5-7-16)21-12-34-14-29-21/h1-12,14H,13H2,(H,31,33). The number of alkyl halides is 3. The van der Waals surface area contributed by atoms with Crippen molar-refractivity contribution in [3.63, 3.8) is 0 Å². The average molecular weight is 479 g/mol. The van der Waals surface area contributed by atoms with E-state index in [1.165, 1.54) is 23.7 Å². The molecule has 34 heavy (non-hydrogen) atoms. The molecule has 3 heterocycles. The van der Waals surface area contributed by atoms with E-state index in [1.807, 2.05) is 17.5 Å². The number of hydrogen-bond donors (Lipinski definition) is 1. The molecule has 0 fully saturated rings. The van der Waals surface area contributed by atoms with E-state index in [0.29, 0.717) is 33.3 Å². The van der Waals surface area contributed by atoms with Crippen molar-refractivity contribution < 1.29 is 18.0 Å². The molecule has 170 valence electrons. The largest absolute Gasteiger partial charge is 0.408 e. The molecule has 10 heteroatoms. The molecule has 0 atom stereocenters. The van der Waals surface area contributed by atoms with Crippen molar-refractivity contribution >= 4 is 33.8 Å². The number of carbonyl (C=O) groups excluding carboxylic acids is 1. The van der Waals surface area contributed by atoms with Crippen LogP contribution < -0.4 is 5.32 Å². The van der Waals surface area contributed by atoms with E-state index in [0.717, 1.165) is 15.9 Å². The van der Waals surface area contributed by atoms with E-state index in [-0.39, 0.29) is 5.91 Å². The number of anilines is 1. The molecular weight excluding hydrogens is 463 g/mol. The first-order valence-corrected chi connectivity index (χ1v) is 11.1. The van der Waals surface area contributed by atoms with Crippen LogP contribution in [0.15, 0.2) is 78.0 Å². The first-order valence-electron chi connectivity index (χ1n) is 10.1. The molecule has 0 aliphatic rings. The molecule has 3 aromatic heterocycles. The average Bonchev–Trinajstić information content (AvgIpc) is 3.50. The lowest BCUT2D eigenvalue weighted by Gasteiger charge is -2.11. The van der Waals surface area contributed by atoms with Crippen molar-refractivity contribution in [1.82, 2.24) is 19.7 Å². The fourth-order valence-corrected chi connectivity index (χ4v) is 4.20. The number of fused-ring (bicyclic) bond motifs is 1. The van der Waals surface area contributed by atoms with Gasteiger partial charge in [-0.15, -0.1) is 11.3 Å². The van der Waals surface area contributed by atoms with Crippen LogP contribution in [0.1, 0.15) is 10.4 Å². The maximum atomic E-state index is 12.9. The van der Waals surface area contributed by atoms with Gasteiger partial charge >= 0.3 is 6.18 Å². The maximum Gasteiger partial charge on any atom is 0.408 e. The third-order valence-corrected chi connectivity index (χ3v) is 5.77. The Kier molecular flexibility index (Phi) is 5.58. The van der Waals surface area contributed by atoms with Crippen LogP contribution in [0.4, 0.5) is 18.9 Å². The molecule has 5 aromatic rings. The van der Waals surface area contributed by atoms with Gasteiger partial charge in [0.25, 0.3) is 5.91 Å². The fraction of sp³-hybridized carbons (Fsp3) is 0.0833. The molecule has 0 aliphatic heterocycles. The molecule has 5 rings (SSSR count). The molecule has 0 unspecified atom stereocenters. The number of aromatic nitrogens is 4. The van der Waals surface area contributed by atoms with Gasteiger partial charge in [0.1, 0.15) is 6.54 Å². The second-order valence-electron chi connectivity index (χ2n) is 7.51. The summed E-state index contributed by atoms with van der Waals surface area (Å²) < 4.78 is 39.0. The molecule has 0 saturated carbocycles. The molecule has 0 aliphatic carbocycles. The number of rotatable bonds is 5. The zero-order chi connectivity index (χ0) is 23.7. The third-order valence-electron chi connectivity index (χ3n) is 5.18. The van der Waals surface area contributed by atoms with E-state index >= 15 is 0 Å². The minimum Gasteiger partial charge on any atom is -0.320 e. The number of nitrogens with one attached hydrogen (secondary N) is 1. The molecule has 6 nitrogen and oxygen atoms in total. The van der Waals surface area contributed by atoms with Gasteiger partial charge in [-0.1, -0.05) is 24.3 Å². The summed E-state index contributed by atoms with van der Waals surface area (Å²) in [7, 11) is 0. The van der Waals surface area contributed by atoms with E-state index in [9.17, 15) is 18.0 Å². The number of halogens is 3. The van der Waals surface area contributed by atoms with Gasteiger partial charge in [-0.3, -0.25) is 14.5 Å². The van der Waals surface area contributed by atoms with Crippen molar-refractivity contribution in [1.29, 1.82) is 0 Å². The van der Waals surface area contributed by atoms with Crippen LogP contribution in [0, 0.1) is 0 Å². The molecule has 1 amide bonds. The Bertz CT molecular complexity index is 1460. The first kappa shape index (κ1) is 21.8. The van der Waals surface area contributed by atoms with Crippen molar-refractivity contribution in [2.24, 2.45) is 0 Å². The van der Waals surface area contributed by atoms with Crippen LogP contribution in [0.3, 0.4) is 0 Å². The van der Waals surface area contributed by atoms with Crippen LogP contribution in [0.5, 0.6) is 0 Å². The number of thiazole rings is 1. The highest BCUT2D eigenvalue weighted by Crippen LogP contribution is 2.31. The van der Waals surface area contributed by atoms with E-state index < -0.39 is 12.7 Å². The van der Waals surface area contributed by atoms with Crippen molar-refractivity contribution in [3.05, 3.63) is 83.6 Å². The number of carbonyl (C=O) groups is 1. The molecule has 0 spiro atoms. The lowest BCUT2D eigenvalue weighted by atomic mass is 10.0. The van der Waals surface area contributed by atoms with Gasteiger partial charge < -0.3 is 5.32 Å². The predicted molar refractivity (Wildman–Crippen MR) is 125 cm³/mol. The molecule has 0 bridgehead atoms. The van der Waals surface area contributed by atoms with Gasteiger partial charge in [0.2, 0.25) is 0 Å². The molecular formula is C24H16F3N5OS. The number of pyridine rings is 1. The highest BCUT2D eigenvalue weighted by Gasteiger charge is 2.28. The number of nitrogens with zero attached hydrogens (tertiary/aromatic N) is 4. The summed E-state index contributed by atoms with van der Waals surface area (Å²) in [5.41, 5.74) is 6.20. The van der Waals surface area contributed by atoms with Crippen LogP contribution in [-0.4, -0.2) is 31.8 Å². The smallest absolute Gasteiger partial charge is 0.320 e. The summed E-state index contributed by atoms with van der Waals surface area (Å²) in [5.74, 6) is -0.303. The molecule has 2 aromatic carbocycles. The SMILES string of the molecule is O=C(Nc1cccc2c(-c3cnn(CC(F)(F)F)c3)ccnc12)c1ccc(-c2cscn2)cc1. The quantitative estimate of drug-likeness (QED) is 0.334. The lowest BCUT2D eigenvalue weighted by molar-refractivity contribution is -0.142. The van der Waals surface area contributed by atoms with E-state index in [4.69, 9.17) is 0 Å².